The van der Waals surface area contributed by atoms with Gasteiger partial charge in [-0.1, -0.05) is 13.8 Å². The number of methoxy groups -OCH3 is 1. The second kappa shape index (κ2) is 8.43. The fourth-order valence-corrected chi connectivity index (χ4v) is 1.61. The van der Waals surface area contributed by atoms with Crippen LogP contribution in [0.25, 0.3) is 0 Å². The zero-order valence-electron chi connectivity index (χ0n) is 12.4. The highest BCUT2D eigenvalue weighted by atomic mass is 16.5. The summed E-state index contributed by atoms with van der Waals surface area (Å²) in [5.41, 5.74) is 6.74. The van der Waals surface area contributed by atoms with Crippen LogP contribution in [0.4, 0.5) is 5.69 Å². The van der Waals surface area contributed by atoms with E-state index in [4.69, 9.17) is 15.2 Å². The van der Waals surface area contributed by atoms with Crippen LogP contribution in [0.1, 0.15) is 30.6 Å². The number of anilines is 1. The Morgan fingerprint density at radius 1 is 1.35 bits per heavy atom. The van der Waals surface area contributed by atoms with E-state index >= 15 is 0 Å². The largest absolute Gasteiger partial charge is 0.495 e. The minimum atomic E-state index is -0.157. The first-order valence-electron chi connectivity index (χ1n) is 6.84. The molecule has 1 aromatic rings. The Hall–Kier alpha value is -1.75. The maximum Gasteiger partial charge on any atom is 0.251 e. The molecule has 0 radical (unpaired) electrons. The molecule has 0 aliphatic heterocycles. The standard InChI is InChI=1S/C15H24N2O3/c1-11(2)6-8-20-9-7-17-15(18)12-4-5-13(16)14(10-12)19-3/h4-5,10-11H,6-9,16H2,1-3H3,(H,17,18). The van der Waals surface area contributed by atoms with Gasteiger partial charge in [0.05, 0.1) is 19.4 Å². The van der Waals surface area contributed by atoms with E-state index in [-0.39, 0.29) is 5.91 Å². The molecule has 3 N–H and O–H groups in total. The van der Waals surface area contributed by atoms with Crippen molar-refractivity contribution in [2.75, 3.05) is 32.6 Å². The Labute approximate surface area is 120 Å². The van der Waals surface area contributed by atoms with Crippen LogP contribution in [0.3, 0.4) is 0 Å². The van der Waals surface area contributed by atoms with E-state index in [2.05, 4.69) is 19.2 Å². The lowest BCUT2D eigenvalue weighted by atomic mass is 10.1. The lowest BCUT2D eigenvalue weighted by Gasteiger charge is -2.09. The number of hydrogen-bond acceptors (Lipinski definition) is 4. The lowest BCUT2D eigenvalue weighted by Crippen LogP contribution is -2.27. The Bertz CT molecular complexity index is 433. The van der Waals surface area contributed by atoms with E-state index in [9.17, 15) is 4.79 Å². The average Bonchev–Trinajstić information content (AvgIpc) is 2.42. The number of amides is 1. The van der Waals surface area contributed by atoms with Gasteiger partial charge in [0.1, 0.15) is 5.75 Å². The van der Waals surface area contributed by atoms with E-state index < -0.39 is 0 Å². The van der Waals surface area contributed by atoms with E-state index in [0.29, 0.717) is 36.1 Å². The van der Waals surface area contributed by atoms with Crippen molar-refractivity contribution in [1.29, 1.82) is 0 Å². The predicted molar refractivity (Wildman–Crippen MR) is 80.0 cm³/mol. The number of rotatable bonds is 8. The molecule has 1 rings (SSSR count). The van der Waals surface area contributed by atoms with Crippen molar-refractivity contribution in [3.63, 3.8) is 0 Å². The van der Waals surface area contributed by atoms with Gasteiger partial charge in [0.2, 0.25) is 0 Å². The lowest BCUT2D eigenvalue weighted by molar-refractivity contribution is 0.0905. The number of hydrogen-bond donors (Lipinski definition) is 2. The van der Waals surface area contributed by atoms with Gasteiger partial charge in [-0.05, 0) is 30.5 Å². The molecule has 0 spiro atoms. The molecule has 0 atom stereocenters. The van der Waals surface area contributed by atoms with Crippen molar-refractivity contribution < 1.29 is 14.3 Å². The average molecular weight is 280 g/mol. The Kier molecular flexibility index (Phi) is 6.87. The fourth-order valence-electron chi connectivity index (χ4n) is 1.61. The first-order chi connectivity index (χ1) is 9.54. The molecule has 0 heterocycles. The van der Waals surface area contributed by atoms with Crippen LogP contribution in [0, 0.1) is 5.92 Å². The van der Waals surface area contributed by atoms with E-state index in [1.165, 1.54) is 7.11 Å². The molecular weight excluding hydrogens is 256 g/mol. The molecule has 0 saturated carbocycles. The number of nitrogen functional groups attached to an aromatic ring is 1. The number of nitrogens with one attached hydrogen (secondary N) is 1. The first-order valence-corrected chi connectivity index (χ1v) is 6.84. The zero-order valence-corrected chi connectivity index (χ0v) is 12.4. The molecule has 1 amide bonds. The van der Waals surface area contributed by atoms with Gasteiger partial charge in [0, 0.05) is 18.7 Å². The second-order valence-electron chi connectivity index (χ2n) is 5.01. The van der Waals surface area contributed by atoms with Gasteiger partial charge in [-0.15, -0.1) is 0 Å². The molecule has 0 aromatic heterocycles. The maximum atomic E-state index is 11.9. The zero-order chi connectivity index (χ0) is 15.0. The predicted octanol–water partition coefficient (Wildman–Crippen LogP) is 2.07. The third kappa shape index (κ3) is 5.48. The van der Waals surface area contributed by atoms with Crippen LogP contribution >= 0.6 is 0 Å². The topological polar surface area (TPSA) is 73.6 Å². The second-order valence-corrected chi connectivity index (χ2v) is 5.01. The summed E-state index contributed by atoms with van der Waals surface area (Å²) in [4.78, 5) is 11.9. The minimum Gasteiger partial charge on any atom is -0.495 e. The summed E-state index contributed by atoms with van der Waals surface area (Å²) in [7, 11) is 1.52. The van der Waals surface area contributed by atoms with Crippen molar-refractivity contribution in [2.45, 2.75) is 20.3 Å². The summed E-state index contributed by atoms with van der Waals surface area (Å²) in [6.45, 7) is 6.04. The number of ether oxygens (including phenoxy) is 2. The van der Waals surface area contributed by atoms with Crippen LogP contribution in [0.2, 0.25) is 0 Å². The van der Waals surface area contributed by atoms with Gasteiger partial charge in [-0.25, -0.2) is 0 Å². The van der Waals surface area contributed by atoms with Crippen LogP contribution in [0.5, 0.6) is 5.75 Å². The van der Waals surface area contributed by atoms with Crippen molar-refractivity contribution in [2.24, 2.45) is 5.92 Å². The molecule has 5 heteroatoms. The van der Waals surface area contributed by atoms with Gasteiger partial charge < -0.3 is 20.5 Å². The summed E-state index contributed by atoms with van der Waals surface area (Å²) in [6, 6.07) is 4.96. The van der Waals surface area contributed by atoms with Crippen LogP contribution in [-0.4, -0.2) is 32.8 Å². The van der Waals surface area contributed by atoms with Crippen molar-refractivity contribution in [3.8, 4) is 5.75 Å². The fraction of sp³-hybridized carbons (Fsp3) is 0.533. The van der Waals surface area contributed by atoms with Crippen LogP contribution in [0.15, 0.2) is 18.2 Å². The number of carbonyl (C=O) groups is 1. The molecule has 112 valence electrons. The van der Waals surface area contributed by atoms with E-state index in [1.54, 1.807) is 18.2 Å². The normalized spacial score (nSPS) is 10.6. The van der Waals surface area contributed by atoms with Gasteiger partial charge in [-0.3, -0.25) is 4.79 Å². The Balaban J connectivity index is 2.32. The highest BCUT2D eigenvalue weighted by molar-refractivity contribution is 5.95. The number of benzene rings is 1. The maximum absolute atomic E-state index is 11.9. The van der Waals surface area contributed by atoms with Gasteiger partial charge in [0.15, 0.2) is 0 Å². The van der Waals surface area contributed by atoms with Crippen molar-refractivity contribution in [3.05, 3.63) is 23.8 Å². The molecule has 1 aromatic carbocycles. The molecule has 20 heavy (non-hydrogen) atoms. The summed E-state index contributed by atoms with van der Waals surface area (Å²) < 4.78 is 10.5. The quantitative estimate of drug-likeness (QED) is 0.565. The van der Waals surface area contributed by atoms with Gasteiger partial charge in [0.25, 0.3) is 5.91 Å². The van der Waals surface area contributed by atoms with E-state index in [0.717, 1.165) is 13.0 Å². The number of nitrogens with two attached hydrogens (primary N) is 1. The summed E-state index contributed by atoms with van der Waals surface area (Å²) in [5.74, 6) is 0.980. The summed E-state index contributed by atoms with van der Waals surface area (Å²) in [6.07, 6.45) is 1.03. The molecule has 0 bridgehead atoms. The van der Waals surface area contributed by atoms with Gasteiger partial charge >= 0.3 is 0 Å². The smallest absolute Gasteiger partial charge is 0.251 e. The SMILES string of the molecule is COc1cc(C(=O)NCCOCCC(C)C)ccc1N. The van der Waals surface area contributed by atoms with Gasteiger partial charge in [-0.2, -0.15) is 0 Å². The Morgan fingerprint density at radius 3 is 2.75 bits per heavy atom. The van der Waals surface area contributed by atoms with Crippen LogP contribution in [-0.2, 0) is 4.74 Å². The molecule has 0 aliphatic rings. The monoisotopic (exact) mass is 280 g/mol. The van der Waals surface area contributed by atoms with Crippen LogP contribution < -0.4 is 15.8 Å². The molecular formula is C15H24N2O3. The van der Waals surface area contributed by atoms with E-state index in [1.807, 2.05) is 0 Å². The third-order valence-corrected chi connectivity index (χ3v) is 2.87. The highest BCUT2D eigenvalue weighted by Crippen LogP contribution is 2.21. The third-order valence-electron chi connectivity index (χ3n) is 2.87. The molecule has 0 aliphatic carbocycles. The summed E-state index contributed by atoms with van der Waals surface area (Å²) in [5, 5.41) is 2.80. The van der Waals surface area contributed by atoms with Crippen molar-refractivity contribution >= 4 is 11.6 Å². The minimum absolute atomic E-state index is 0.157. The Morgan fingerprint density at radius 2 is 2.10 bits per heavy atom. The molecule has 5 nitrogen and oxygen atoms in total. The first kappa shape index (κ1) is 16.3. The molecule has 0 fully saturated rings. The molecule has 0 unspecified atom stereocenters. The summed E-state index contributed by atoms with van der Waals surface area (Å²) >= 11 is 0. The number of carbonyl (C=O) groups excluding carboxylic acids is 1. The molecule has 0 saturated heterocycles. The highest BCUT2D eigenvalue weighted by Gasteiger charge is 2.08. The van der Waals surface area contributed by atoms with Crippen molar-refractivity contribution in [1.82, 2.24) is 5.32 Å².